The molecule has 1 rings (SSSR count). The van der Waals surface area contributed by atoms with Crippen molar-refractivity contribution in [3.05, 3.63) is 23.8 Å². The first-order chi connectivity index (χ1) is 10.1. The van der Waals surface area contributed by atoms with Crippen molar-refractivity contribution in [2.45, 2.75) is 32.6 Å². The van der Waals surface area contributed by atoms with Crippen molar-refractivity contribution in [2.24, 2.45) is 0 Å². The van der Waals surface area contributed by atoms with Gasteiger partial charge in [0.15, 0.2) is 5.78 Å². The molecule has 0 spiro atoms. The van der Waals surface area contributed by atoms with Crippen LogP contribution in [-0.4, -0.2) is 32.6 Å². The molecule has 0 bridgehead atoms. The van der Waals surface area contributed by atoms with E-state index in [4.69, 9.17) is 9.47 Å². The SMILES string of the molecule is CCCOc1ccc(OC)c(C(=O)CCCC(=O)OC)c1. The van der Waals surface area contributed by atoms with Crippen LogP contribution in [0.5, 0.6) is 11.5 Å². The third kappa shape index (κ3) is 5.45. The molecule has 116 valence electrons. The van der Waals surface area contributed by atoms with Crippen LogP contribution in [-0.2, 0) is 9.53 Å². The minimum Gasteiger partial charge on any atom is -0.496 e. The largest absolute Gasteiger partial charge is 0.496 e. The number of rotatable bonds is 9. The van der Waals surface area contributed by atoms with Gasteiger partial charge in [0.2, 0.25) is 0 Å². The number of esters is 1. The summed E-state index contributed by atoms with van der Waals surface area (Å²) in [7, 11) is 2.86. The van der Waals surface area contributed by atoms with E-state index in [1.807, 2.05) is 6.92 Å². The molecule has 1 aromatic rings. The fourth-order valence-electron chi connectivity index (χ4n) is 1.84. The van der Waals surface area contributed by atoms with Gasteiger partial charge >= 0.3 is 5.97 Å². The summed E-state index contributed by atoms with van der Waals surface area (Å²) >= 11 is 0. The number of ketones is 1. The molecule has 0 N–H and O–H groups in total. The highest BCUT2D eigenvalue weighted by molar-refractivity contribution is 5.99. The van der Waals surface area contributed by atoms with Crippen molar-refractivity contribution in [3.63, 3.8) is 0 Å². The predicted octanol–water partition coefficient (Wildman–Crippen LogP) is 3.01. The van der Waals surface area contributed by atoms with Gasteiger partial charge < -0.3 is 14.2 Å². The summed E-state index contributed by atoms with van der Waals surface area (Å²) in [6.07, 6.45) is 1.85. The normalized spacial score (nSPS) is 10.0. The Hall–Kier alpha value is -2.04. The molecule has 0 fully saturated rings. The van der Waals surface area contributed by atoms with Gasteiger partial charge in [0.25, 0.3) is 0 Å². The molecule has 0 aliphatic heterocycles. The lowest BCUT2D eigenvalue weighted by Crippen LogP contribution is -2.06. The molecule has 0 saturated carbocycles. The van der Waals surface area contributed by atoms with Crippen LogP contribution >= 0.6 is 0 Å². The monoisotopic (exact) mass is 294 g/mol. The van der Waals surface area contributed by atoms with Gasteiger partial charge in [0.1, 0.15) is 11.5 Å². The van der Waals surface area contributed by atoms with E-state index in [1.54, 1.807) is 18.2 Å². The Morgan fingerprint density at radius 2 is 1.90 bits per heavy atom. The van der Waals surface area contributed by atoms with Crippen LogP contribution in [0.2, 0.25) is 0 Å². The zero-order valence-electron chi connectivity index (χ0n) is 12.8. The quantitative estimate of drug-likeness (QED) is 0.517. The summed E-state index contributed by atoms with van der Waals surface area (Å²) in [6, 6.07) is 5.19. The Labute approximate surface area is 125 Å². The molecule has 0 unspecified atom stereocenters. The summed E-state index contributed by atoms with van der Waals surface area (Å²) in [6.45, 7) is 2.62. The summed E-state index contributed by atoms with van der Waals surface area (Å²) in [4.78, 5) is 23.3. The summed E-state index contributed by atoms with van der Waals surface area (Å²) in [5.41, 5.74) is 0.482. The van der Waals surface area contributed by atoms with E-state index in [-0.39, 0.29) is 24.6 Å². The number of Topliss-reactive ketones (excluding diaryl/α,β-unsaturated/α-hetero) is 1. The van der Waals surface area contributed by atoms with E-state index in [9.17, 15) is 9.59 Å². The number of carbonyl (C=O) groups excluding carboxylic acids is 2. The number of hydrogen-bond acceptors (Lipinski definition) is 5. The van der Waals surface area contributed by atoms with E-state index in [2.05, 4.69) is 4.74 Å². The van der Waals surface area contributed by atoms with Gasteiger partial charge in [0, 0.05) is 12.8 Å². The van der Waals surface area contributed by atoms with Crippen molar-refractivity contribution < 1.29 is 23.8 Å². The van der Waals surface area contributed by atoms with Gasteiger partial charge in [-0.25, -0.2) is 0 Å². The minimum atomic E-state index is -0.310. The van der Waals surface area contributed by atoms with Gasteiger partial charge in [-0.1, -0.05) is 6.92 Å². The smallest absolute Gasteiger partial charge is 0.305 e. The van der Waals surface area contributed by atoms with Crippen LogP contribution in [0, 0.1) is 0 Å². The average molecular weight is 294 g/mol. The molecule has 0 radical (unpaired) electrons. The third-order valence-electron chi connectivity index (χ3n) is 2.96. The zero-order chi connectivity index (χ0) is 15.7. The van der Waals surface area contributed by atoms with E-state index in [1.165, 1.54) is 14.2 Å². The summed E-state index contributed by atoms with van der Waals surface area (Å²) < 4.78 is 15.3. The molecule has 0 aromatic heterocycles. The van der Waals surface area contributed by atoms with E-state index in [0.29, 0.717) is 30.1 Å². The Kier molecular flexibility index (Phi) is 7.29. The lowest BCUT2D eigenvalue weighted by Gasteiger charge is -2.11. The molecule has 5 nitrogen and oxygen atoms in total. The van der Waals surface area contributed by atoms with E-state index in [0.717, 1.165) is 6.42 Å². The van der Waals surface area contributed by atoms with Crippen molar-refractivity contribution in [2.75, 3.05) is 20.8 Å². The second-order valence-corrected chi connectivity index (χ2v) is 4.56. The van der Waals surface area contributed by atoms with Gasteiger partial charge in [-0.2, -0.15) is 0 Å². The third-order valence-corrected chi connectivity index (χ3v) is 2.96. The molecular weight excluding hydrogens is 272 g/mol. The highest BCUT2D eigenvalue weighted by Gasteiger charge is 2.14. The first-order valence-electron chi connectivity index (χ1n) is 7.03. The Morgan fingerprint density at radius 3 is 2.52 bits per heavy atom. The minimum absolute atomic E-state index is 0.0716. The van der Waals surface area contributed by atoms with Crippen molar-refractivity contribution in [3.8, 4) is 11.5 Å². The van der Waals surface area contributed by atoms with Gasteiger partial charge in [-0.15, -0.1) is 0 Å². The maximum absolute atomic E-state index is 12.2. The van der Waals surface area contributed by atoms with Crippen LogP contribution in [0.1, 0.15) is 43.0 Å². The maximum Gasteiger partial charge on any atom is 0.305 e. The lowest BCUT2D eigenvalue weighted by atomic mass is 10.0. The molecule has 5 heteroatoms. The molecular formula is C16H22O5. The van der Waals surface area contributed by atoms with E-state index >= 15 is 0 Å². The Morgan fingerprint density at radius 1 is 1.14 bits per heavy atom. The molecule has 0 aliphatic carbocycles. The topological polar surface area (TPSA) is 61.8 Å². The number of methoxy groups -OCH3 is 2. The number of benzene rings is 1. The van der Waals surface area contributed by atoms with Crippen molar-refractivity contribution >= 4 is 11.8 Å². The Bertz CT molecular complexity index is 482. The van der Waals surface area contributed by atoms with Gasteiger partial charge in [0.05, 0.1) is 26.4 Å². The first kappa shape index (κ1) is 17.0. The second-order valence-electron chi connectivity index (χ2n) is 4.56. The van der Waals surface area contributed by atoms with Crippen LogP contribution in [0.25, 0.3) is 0 Å². The molecule has 0 heterocycles. The molecule has 0 aliphatic rings. The Balaban J connectivity index is 2.73. The molecule has 0 amide bonds. The zero-order valence-corrected chi connectivity index (χ0v) is 12.8. The standard InChI is InChI=1S/C16H22O5/c1-4-10-21-12-8-9-15(19-2)13(11-12)14(17)6-5-7-16(18)20-3/h8-9,11H,4-7,10H2,1-3H3. The second kappa shape index (κ2) is 9.00. The molecule has 0 saturated heterocycles. The molecule has 0 atom stereocenters. The van der Waals surface area contributed by atoms with Crippen molar-refractivity contribution in [1.82, 2.24) is 0 Å². The van der Waals surface area contributed by atoms with E-state index < -0.39 is 0 Å². The van der Waals surface area contributed by atoms with Gasteiger partial charge in [-0.05, 0) is 31.0 Å². The van der Waals surface area contributed by atoms with Crippen LogP contribution in [0.15, 0.2) is 18.2 Å². The molecule has 1 aromatic carbocycles. The van der Waals surface area contributed by atoms with Crippen LogP contribution in [0.3, 0.4) is 0 Å². The molecule has 21 heavy (non-hydrogen) atoms. The summed E-state index contributed by atoms with van der Waals surface area (Å²) in [5.74, 6) is 0.781. The number of carbonyl (C=O) groups is 2. The predicted molar refractivity (Wildman–Crippen MR) is 79.0 cm³/mol. The highest BCUT2D eigenvalue weighted by Crippen LogP contribution is 2.26. The van der Waals surface area contributed by atoms with Crippen LogP contribution < -0.4 is 9.47 Å². The maximum atomic E-state index is 12.2. The fraction of sp³-hybridized carbons (Fsp3) is 0.500. The van der Waals surface area contributed by atoms with Crippen LogP contribution in [0.4, 0.5) is 0 Å². The number of ether oxygens (including phenoxy) is 3. The van der Waals surface area contributed by atoms with Crippen molar-refractivity contribution in [1.29, 1.82) is 0 Å². The highest BCUT2D eigenvalue weighted by atomic mass is 16.5. The first-order valence-corrected chi connectivity index (χ1v) is 7.03. The number of hydrogen-bond donors (Lipinski definition) is 0. The lowest BCUT2D eigenvalue weighted by molar-refractivity contribution is -0.140. The fourth-order valence-corrected chi connectivity index (χ4v) is 1.84. The average Bonchev–Trinajstić information content (AvgIpc) is 2.52. The van der Waals surface area contributed by atoms with Gasteiger partial charge in [-0.3, -0.25) is 9.59 Å². The summed E-state index contributed by atoms with van der Waals surface area (Å²) in [5, 5.41) is 0.